The molecule has 3 heteroatoms. The van der Waals surface area contributed by atoms with Crippen LogP contribution in [0, 0.1) is 6.92 Å². The van der Waals surface area contributed by atoms with Gasteiger partial charge in [0, 0.05) is 19.4 Å². The molecule has 0 aliphatic rings. The number of hydrogen-bond donors (Lipinski definition) is 0. The van der Waals surface area contributed by atoms with Crippen LogP contribution in [0.15, 0.2) is 22.7 Å². The highest BCUT2D eigenvalue weighted by Crippen LogP contribution is 2.37. The van der Waals surface area contributed by atoms with Crippen LogP contribution in [0.25, 0.3) is 10.1 Å². The molecule has 0 saturated carbocycles. The fraction of sp³-hybridized carbons (Fsp3) is 0.200. The van der Waals surface area contributed by atoms with Gasteiger partial charge in [-0.15, -0.1) is 22.9 Å². The van der Waals surface area contributed by atoms with Crippen molar-refractivity contribution < 1.29 is 0 Å². The van der Waals surface area contributed by atoms with Crippen LogP contribution in [0.5, 0.6) is 0 Å². The van der Waals surface area contributed by atoms with Gasteiger partial charge in [0.15, 0.2) is 0 Å². The molecule has 0 fully saturated rings. The third-order valence-corrected chi connectivity index (χ3v) is 4.97. The molecule has 0 nitrogen and oxygen atoms in total. The molecule has 0 bridgehead atoms. The van der Waals surface area contributed by atoms with E-state index in [9.17, 15) is 0 Å². The maximum Gasteiger partial charge on any atom is 0.0579 e. The summed E-state index contributed by atoms with van der Waals surface area (Å²) in [5, 5.41) is 1.28. The van der Waals surface area contributed by atoms with Crippen LogP contribution < -0.4 is 0 Å². The maximum absolute atomic E-state index is 5.84. The predicted molar refractivity (Wildman–Crippen MR) is 63.8 cm³/mol. The molecular formula is C10H8BrClS. The molecule has 68 valence electrons. The Hall–Kier alpha value is -0.0500. The van der Waals surface area contributed by atoms with Gasteiger partial charge in [-0.3, -0.25) is 0 Å². The first-order valence-electron chi connectivity index (χ1n) is 3.96. The normalized spacial score (nSPS) is 11.0. The van der Waals surface area contributed by atoms with Gasteiger partial charge in [0.2, 0.25) is 0 Å². The van der Waals surface area contributed by atoms with Gasteiger partial charge in [0.25, 0.3) is 0 Å². The highest BCUT2D eigenvalue weighted by Gasteiger charge is 2.09. The van der Waals surface area contributed by atoms with E-state index in [2.05, 4.69) is 41.1 Å². The van der Waals surface area contributed by atoms with E-state index in [4.69, 9.17) is 11.6 Å². The lowest BCUT2D eigenvalue weighted by Gasteiger charge is -1.93. The van der Waals surface area contributed by atoms with E-state index in [1.165, 1.54) is 20.5 Å². The van der Waals surface area contributed by atoms with Gasteiger partial charge in [0.1, 0.15) is 0 Å². The van der Waals surface area contributed by atoms with Crippen molar-refractivity contribution in [1.29, 1.82) is 0 Å². The Labute approximate surface area is 94.7 Å². The van der Waals surface area contributed by atoms with Crippen molar-refractivity contribution >= 4 is 49.0 Å². The second-order valence-corrected chi connectivity index (χ2v) is 5.09. The standard InChI is InChI=1S/C10H8BrClS/c1-6-3-2-4-7-9(11)8(5-12)13-10(6)7/h2-4H,5H2,1H3. The summed E-state index contributed by atoms with van der Waals surface area (Å²) in [5.74, 6) is 0.583. The summed E-state index contributed by atoms with van der Waals surface area (Å²) < 4.78 is 2.50. The first-order chi connectivity index (χ1) is 6.24. The first-order valence-corrected chi connectivity index (χ1v) is 6.11. The average molecular weight is 276 g/mol. The Morgan fingerprint density at radius 1 is 1.46 bits per heavy atom. The van der Waals surface area contributed by atoms with Crippen LogP contribution in [-0.2, 0) is 5.88 Å². The molecule has 13 heavy (non-hydrogen) atoms. The van der Waals surface area contributed by atoms with E-state index in [-0.39, 0.29) is 0 Å². The summed E-state index contributed by atoms with van der Waals surface area (Å²) in [5.41, 5.74) is 1.32. The van der Waals surface area contributed by atoms with Crippen LogP contribution in [0.3, 0.4) is 0 Å². The summed E-state index contributed by atoms with van der Waals surface area (Å²) in [6.07, 6.45) is 0. The molecule has 0 saturated heterocycles. The maximum atomic E-state index is 5.84. The SMILES string of the molecule is Cc1cccc2c(Br)c(CCl)sc12. The van der Waals surface area contributed by atoms with Crippen molar-refractivity contribution in [2.75, 3.05) is 0 Å². The van der Waals surface area contributed by atoms with Gasteiger partial charge in [0.05, 0.1) is 5.88 Å². The molecule has 1 aromatic heterocycles. The minimum Gasteiger partial charge on any atom is -0.138 e. The summed E-state index contributed by atoms with van der Waals surface area (Å²) in [6.45, 7) is 2.13. The van der Waals surface area contributed by atoms with E-state index in [1.54, 1.807) is 11.3 Å². The third-order valence-electron chi connectivity index (χ3n) is 2.04. The third kappa shape index (κ3) is 1.51. The molecule has 1 aromatic carbocycles. The molecule has 0 amide bonds. The quantitative estimate of drug-likeness (QED) is 0.661. The molecular weight excluding hydrogens is 268 g/mol. The smallest absolute Gasteiger partial charge is 0.0579 e. The van der Waals surface area contributed by atoms with Crippen molar-refractivity contribution in [2.24, 2.45) is 0 Å². The molecule has 0 unspecified atom stereocenters. The van der Waals surface area contributed by atoms with Crippen molar-refractivity contribution in [1.82, 2.24) is 0 Å². The fourth-order valence-corrected chi connectivity index (χ4v) is 3.68. The molecule has 0 aliphatic heterocycles. The van der Waals surface area contributed by atoms with Gasteiger partial charge in [-0.25, -0.2) is 0 Å². The van der Waals surface area contributed by atoms with E-state index in [0.29, 0.717) is 5.88 Å². The Balaban J connectivity index is 2.83. The van der Waals surface area contributed by atoms with Gasteiger partial charge in [-0.2, -0.15) is 0 Å². The summed E-state index contributed by atoms with van der Waals surface area (Å²) >= 11 is 11.2. The molecule has 0 N–H and O–H groups in total. The minimum absolute atomic E-state index is 0.583. The minimum atomic E-state index is 0.583. The van der Waals surface area contributed by atoms with Crippen LogP contribution >= 0.6 is 38.9 Å². The number of fused-ring (bicyclic) bond motifs is 1. The summed E-state index contributed by atoms with van der Waals surface area (Å²) in [6, 6.07) is 6.33. The second kappa shape index (κ2) is 3.60. The lowest BCUT2D eigenvalue weighted by molar-refractivity contribution is 1.51. The number of halogens is 2. The zero-order chi connectivity index (χ0) is 9.42. The fourth-order valence-electron chi connectivity index (χ4n) is 1.36. The van der Waals surface area contributed by atoms with Gasteiger partial charge in [-0.1, -0.05) is 18.2 Å². The molecule has 2 rings (SSSR count). The Bertz CT molecular complexity index is 447. The first kappa shape index (κ1) is 9.50. The number of benzene rings is 1. The van der Waals surface area contributed by atoms with Crippen molar-refractivity contribution in [2.45, 2.75) is 12.8 Å². The van der Waals surface area contributed by atoms with Crippen LogP contribution in [0.4, 0.5) is 0 Å². The molecule has 1 heterocycles. The average Bonchev–Trinajstić information content (AvgIpc) is 2.45. The Kier molecular flexibility index (Phi) is 2.63. The van der Waals surface area contributed by atoms with E-state index in [1.807, 2.05) is 0 Å². The number of aryl methyl sites for hydroxylation is 1. The monoisotopic (exact) mass is 274 g/mol. The van der Waals surface area contributed by atoms with Gasteiger partial charge < -0.3 is 0 Å². The zero-order valence-electron chi connectivity index (χ0n) is 7.10. The highest BCUT2D eigenvalue weighted by atomic mass is 79.9. The highest BCUT2D eigenvalue weighted by molar-refractivity contribution is 9.10. The van der Waals surface area contributed by atoms with Gasteiger partial charge >= 0.3 is 0 Å². The number of alkyl halides is 1. The molecule has 0 aliphatic carbocycles. The second-order valence-electron chi connectivity index (χ2n) is 2.92. The van der Waals surface area contributed by atoms with Crippen LogP contribution in [-0.4, -0.2) is 0 Å². The van der Waals surface area contributed by atoms with Crippen molar-refractivity contribution in [3.8, 4) is 0 Å². The Morgan fingerprint density at radius 2 is 2.23 bits per heavy atom. The largest absolute Gasteiger partial charge is 0.138 e. The topological polar surface area (TPSA) is 0 Å². The molecule has 0 spiro atoms. The van der Waals surface area contributed by atoms with E-state index >= 15 is 0 Å². The van der Waals surface area contributed by atoms with Gasteiger partial charge in [-0.05, 0) is 28.4 Å². The number of hydrogen-bond acceptors (Lipinski definition) is 1. The summed E-state index contributed by atoms with van der Waals surface area (Å²) in [7, 11) is 0. The van der Waals surface area contributed by atoms with E-state index in [0.717, 1.165) is 4.47 Å². The molecule has 0 radical (unpaired) electrons. The van der Waals surface area contributed by atoms with Crippen LogP contribution in [0.2, 0.25) is 0 Å². The van der Waals surface area contributed by atoms with Crippen molar-refractivity contribution in [3.05, 3.63) is 33.1 Å². The molecule has 0 atom stereocenters. The Morgan fingerprint density at radius 3 is 2.85 bits per heavy atom. The number of thiophene rings is 1. The summed E-state index contributed by atoms with van der Waals surface area (Å²) in [4.78, 5) is 1.21. The zero-order valence-corrected chi connectivity index (χ0v) is 10.3. The molecule has 2 aromatic rings. The van der Waals surface area contributed by atoms with Crippen LogP contribution in [0.1, 0.15) is 10.4 Å². The predicted octanol–water partition coefficient (Wildman–Crippen LogP) is 4.71. The lowest BCUT2D eigenvalue weighted by Crippen LogP contribution is -1.70. The van der Waals surface area contributed by atoms with E-state index < -0.39 is 0 Å². The lowest BCUT2D eigenvalue weighted by atomic mass is 10.2. The van der Waals surface area contributed by atoms with Crippen molar-refractivity contribution in [3.63, 3.8) is 0 Å². The number of rotatable bonds is 1.